The molecular formula is C12H24O3. The van der Waals surface area contributed by atoms with E-state index in [2.05, 4.69) is 0 Å². The summed E-state index contributed by atoms with van der Waals surface area (Å²) in [6, 6.07) is 0. The first-order chi connectivity index (χ1) is 7.00. The van der Waals surface area contributed by atoms with E-state index in [-0.39, 0.29) is 17.5 Å². The predicted molar refractivity (Wildman–Crippen MR) is 60.7 cm³/mol. The number of ether oxygens (including phenoxy) is 2. The average molecular weight is 216 g/mol. The van der Waals surface area contributed by atoms with Gasteiger partial charge in [-0.1, -0.05) is 13.8 Å². The van der Waals surface area contributed by atoms with Crippen molar-refractivity contribution in [3.63, 3.8) is 0 Å². The molecule has 1 unspecified atom stereocenters. The quantitative estimate of drug-likeness (QED) is 0.614. The highest BCUT2D eigenvalue weighted by Crippen LogP contribution is 2.26. The average Bonchev–Trinajstić information content (AvgIpc) is 2.25. The minimum Gasteiger partial charge on any atom is -0.463 e. The molecule has 1 atom stereocenters. The van der Waals surface area contributed by atoms with Gasteiger partial charge in [0, 0.05) is 6.61 Å². The van der Waals surface area contributed by atoms with Crippen LogP contribution in [0.25, 0.3) is 0 Å². The summed E-state index contributed by atoms with van der Waals surface area (Å²) < 4.78 is 10.5. The van der Waals surface area contributed by atoms with E-state index in [4.69, 9.17) is 9.47 Å². The van der Waals surface area contributed by atoms with Crippen LogP contribution in [-0.2, 0) is 14.3 Å². The lowest BCUT2D eigenvalue weighted by molar-refractivity contribution is -0.159. The molecular weight excluding hydrogens is 192 g/mol. The van der Waals surface area contributed by atoms with E-state index in [9.17, 15) is 4.79 Å². The molecule has 0 amide bonds. The first kappa shape index (κ1) is 14.4. The second-order valence-electron chi connectivity index (χ2n) is 4.13. The monoisotopic (exact) mass is 216 g/mol. The van der Waals surface area contributed by atoms with Gasteiger partial charge in [0.05, 0.1) is 11.5 Å². The van der Waals surface area contributed by atoms with Crippen molar-refractivity contribution in [2.24, 2.45) is 5.41 Å². The Morgan fingerprint density at radius 1 is 1.27 bits per heavy atom. The largest absolute Gasteiger partial charge is 0.463 e. The van der Waals surface area contributed by atoms with Gasteiger partial charge in [-0.15, -0.1) is 0 Å². The summed E-state index contributed by atoms with van der Waals surface area (Å²) in [4.78, 5) is 11.8. The Kier molecular flexibility index (Phi) is 6.57. The van der Waals surface area contributed by atoms with Crippen LogP contribution in [0.2, 0.25) is 0 Å². The van der Waals surface area contributed by atoms with Crippen LogP contribution >= 0.6 is 0 Å². The Balaban J connectivity index is 4.02. The van der Waals surface area contributed by atoms with Gasteiger partial charge in [0.2, 0.25) is 0 Å². The number of carbonyl (C=O) groups is 1. The zero-order chi connectivity index (χ0) is 11.9. The Morgan fingerprint density at radius 3 is 2.20 bits per heavy atom. The molecule has 0 aromatic heterocycles. The maximum Gasteiger partial charge on any atom is 0.311 e. The van der Waals surface area contributed by atoms with E-state index >= 15 is 0 Å². The van der Waals surface area contributed by atoms with Crippen molar-refractivity contribution in [1.29, 1.82) is 0 Å². The molecule has 0 bridgehead atoms. The van der Waals surface area contributed by atoms with Gasteiger partial charge < -0.3 is 9.47 Å². The molecule has 3 heteroatoms. The molecule has 0 spiro atoms. The zero-order valence-electron chi connectivity index (χ0n) is 10.6. The first-order valence-corrected chi connectivity index (χ1v) is 5.79. The molecule has 0 rings (SSSR count). The van der Waals surface area contributed by atoms with Crippen molar-refractivity contribution in [1.82, 2.24) is 0 Å². The van der Waals surface area contributed by atoms with Crippen LogP contribution in [0, 0.1) is 5.41 Å². The minimum absolute atomic E-state index is 0.0167. The molecule has 90 valence electrons. The van der Waals surface area contributed by atoms with Crippen molar-refractivity contribution >= 4 is 5.97 Å². The molecule has 0 saturated heterocycles. The van der Waals surface area contributed by atoms with Crippen LogP contribution in [0.1, 0.15) is 47.5 Å². The molecule has 0 N–H and O–H groups in total. The van der Waals surface area contributed by atoms with Gasteiger partial charge in [-0.2, -0.15) is 0 Å². The summed E-state index contributed by atoms with van der Waals surface area (Å²) in [5.74, 6) is -0.112. The van der Waals surface area contributed by atoms with Crippen LogP contribution in [0.15, 0.2) is 0 Å². The van der Waals surface area contributed by atoms with Crippen LogP contribution in [0.4, 0.5) is 0 Å². The fourth-order valence-electron chi connectivity index (χ4n) is 1.24. The number of hydrogen-bond acceptors (Lipinski definition) is 3. The normalized spacial score (nSPS) is 13.7. The van der Waals surface area contributed by atoms with E-state index < -0.39 is 0 Å². The van der Waals surface area contributed by atoms with E-state index in [0.717, 1.165) is 12.8 Å². The molecule has 0 radical (unpaired) electrons. The zero-order valence-corrected chi connectivity index (χ0v) is 10.6. The van der Waals surface area contributed by atoms with Gasteiger partial charge in [-0.3, -0.25) is 4.79 Å². The highest BCUT2D eigenvalue weighted by molar-refractivity contribution is 5.76. The Morgan fingerprint density at radius 2 is 1.80 bits per heavy atom. The van der Waals surface area contributed by atoms with Gasteiger partial charge in [0.15, 0.2) is 0 Å². The maximum absolute atomic E-state index is 11.8. The van der Waals surface area contributed by atoms with Gasteiger partial charge in [0.1, 0.15) is 6.61 Å². The van der Waals surface area contributed by atoms with E-state index in [1.54, 1.807) is 0 Å². The molecule has 0 aromatic rings. The van der Waals surface area contributed by atoms with Crippen molar-refractivity contribution in [3.05, 3.63) is 0 Å². The number of hydrogen-bond donors (Lipinski definition) is 0. The number of esters is 1. The summed E-state index contributed by atoms with van der Waals surface area (Å²) >= 11 is 0. The Bertz CT molecular complexity index is 185. The van der Waals surface area contributed by atoms with Crippen LogP contribution < -0.4 is 0 Å². The van der Waals surface area contributed by atoms with Crippen LogP contribution in [0.3, 0.4) is 0 Å². The van der Waals surface area contributed by atoms with Gasteiger partial charge in [0.25, 0.3) is 0 Å². The Labute approximate surface area is 93.1 Å². The molecule has 0 aliphatic heterocycles. The summed E-state index contributed by atoms with van der Waals surface area (Å²) in [5, 5.41) is 0. The van der Waals surface area contributed by atoms with Gasteiger partial charge in [-0.05, 0) is 33.6 Å². The fraction of sp³-hybridized carbons (Fsp3) is 0.917. The summed E-state index contributed by atoms with van der Waals surface area (Å²) in [5.41, 5.74) is -0.341. The molecule has 0 aliphatic rings. The summed E-state index contributed by atoms with van der Waals surface area (Å²) in [7, 11) is 0. The third-order valence-electron chi connectivity index (χ3n) is 2.95. The van der Waals surface area contributed by atoms with Crippen molar-refractivity contribution in [2.75, 3.05) is 13.2 Å². The van der Waals surface area contributed by atoms with Gasteiger partial charge >= 0.3 is 5.97 Å². The maximum atomic E-state index is 11.8. The minimum atomic E-state index is -0.341. The topological polar surface area (TPSA) is 35.5 Å². The molecule has 15 heavy (non-hydrogen) atoms. The fourth-order valence-corrected chi connectivity index (χ4v) is 1.24. The molecule has 0 fully saturated rings. The van der Waals surface area contributed by atoms with E-state index in [0.29, 0.717) is 13.2 Å². The highest BCUT2D eigenvalue weighted by Gasteiger charge is 2.31. The molecule has 0 aromatic carbocycles. The second-order valence-corrected chi connectivity index (χ2v) is 4.13. The SMILES string of the molecule is CCOC(C)COC(=O)C(C)(CC)CC. The lowest BCUT2D eigenvalue weighted by Gasteiger charge is -2.25. The van der Waals surface area contributed by atoms with Crippen molar-refractivity contribution in [2.45, 2.75) is 53.6 Å². The molecule has 3 nitrogen and oxygen atoms in total. The lowest BCUT2D eigenvalue weighted by Crippen LogP contribution is -2.31. The third-order valence-corrected chi connectivity index (χ3v) is 2.95. The Hall–Kier alpha value is -0.570. The van der Waals surface area contributed by atoms with Crippen LogP contribution in [0.5, 0.6) is 0 Å². The standard InChI is InChI=1S/C12H24O3/c1-6-12(5,7-2)11(13)15-9-10(4)14-8-3/h10H,6-9H2,1-5H3. The highest BCUT2D eigenvalue weighted by atomic mass is 16.6. The lowest BCUT2D eigenvalue weighted by atomic mass is 9.85. The van der Waals surface area contributed by atoms with Crippen molar-refractivity contribution in [3.8, 4) is 0 Å². The molecule has 0 saturated carbocycles. The number of rotatable bonds is 7. The third kappa shape index (κ3) is 4.65. The molecule has 0 aliphatic carbocycles. The van der Waals surface area contributed by atoms with E-state index in [1.807, 2.05) is 34.6 Å². The number of carbonyl (C=O) groups excluding carboxylic acids is 1. The summed E-state index contributed by atoms with van der Waals surface area (Å²) in [6.07, 6.45) is 1.60. The molecule has 0 heterocycles. The summed E-state index contributed by atoms with van der Waals surface area (Å²) in [6.45, 7) is 10.8. The first-order valence-electron chi connectivity index (χ1n) is 5.79. The second kappa shape index (κ2) is 6.83. The van der Waals surface area contributed by atoms with Crippen LogP contribution in [-0.4, -0.2) is 25.3 Å². The van der Waals surface area contributed by atoms with Crippen molar-refractivity contribution < 1.29 is 14.3 Å². The van der Waals surface area contributed by atoms with Gasteiger partial charge in [-0.25, -0.2) is 0 Å². The predicted octanol–water partition coefficient (Wildman–Crippen LogP) is 2.78. The smallest absolute Gasteiger partial charge is 0.311 e. The van der Waals surface area contributed by atoms with E-state index in [1.165, 1.54) is 0 Å².